The van der Waals surface area contributed by atoms with Gasteiger partial charge in [-0.15, -0.1) is 0 Å². The van der Waals surface area contributed by atoms with Gasteiger partial charge >= 0.3 is 0 Å². The summed E-state index contributed by atoms with van der Waals surface area (Å²) in [7, 11) is 0. The van der Waals surface area contributed by atoms with Crippen LogP contribution in [0.2, 0.25) is 5.02 Å². The molecule has 7 nitrogen and oxygen atoms in total. The van der Waals surface area contributed by atoms with Crippen LogP contribution < -0.4 is 19.5 Å². The molecule has 3 aromatic rings. The van der Waals surface area contributed by atoms with Crippen LogP contribution in [0.3, 0.4) is 0 Å². The van der Waals surface area contributed by atoms with Crippen molar-refractivity contribution < 1.29 is 23.7 Å². The quantitative estimate of drug-likeness (QED) is 0.155. The van der Waals surface area contributed by atoms with Crippen LogP contribution in [0.25, 0.3) is 6.08 Å². The molecule has 0 heterocycles. The van der Waals surface area contributed by atoms with Crippen molar-refractivity contribution in [3.63, 3.8) is 0 Å². The topological polar surface area (TPSA) is 89.8 Å². The van der Waals surface area contributed by atoms with Crippen LogP contribution in [0.15, 0.2) is 66.2 Å². The van der Waals surface area contributed by atoms with Crippen LogP contribution in [0.5, 0.6) is 17.2 Å². The molecule has 38 heavy (non-hydrogen) atoms. The molecule has 0 fully saturated rings. The van der Waals surface area contributed by atoms with Crippen LogP contribution in [0, 0.1) is 25.2 Å². The number of carbonyl (C=O) groups excluding carboxylic acids is 1. The first-order valence-corrected chi connectivity index (χ1v) is 12.6. The Labute approximate surface area is 228 Å². The van der Waals surface area contributed by atoms with Gasteiger partial charge < -0.3 is 24.3 Å². The van der Waals surface area contributed by atoms with Crippen LogP contribution in [0.4, 0.5) is 5.69 Å². The normalized spacial score (nSPS) is 11.0. The van der Waals surface area contributed by atoms with Crippen molar-refractivity contribution in [1.29, 1.82) is 5.26 Å². The molecule has 0 aliphatic carbocycles. The first-order valence-electron chi connectivity index (χ1n) is 12.3. The summed E-state index contributed by atoms with van der Waals surface area (Å²) in [5.74, 6) is 1.05. The summed E-state index contributed by atoms with van der Waals surface area (Å²) in [5.41, 5.74) is 3.31. The molecule has 1 N–H and O–H groups in total. The monoisotopic (exact) mass is 534 g/mol. The summed E-state index contributed by atoms with van der Waals surface area (Å²) in [4.78, 5) is 12.6. The lowest BCUT2D eigenvalue weighted by molar-refractivity contribution is -0.112. The summed E-state index contributed by atoms with van der Waals surface area (Å²) >= 11 is 6.48. The fourth-order valence-electron chi connectivity index (χ4n) is 3.38. The first kappa shape index (κ1) is 28.6. The minimum atomic E-state index is -0.519. The van der Waals surface area contributed by atoms with Gasteiger partial charge in [0.05, 0.1) is 24.8 Å². The molecule has 0 bridgehead atoms. The molecular formula is C30H31ClN2O5. The molecule has 8 heteroatoms. The summed E-state index contributed by atoms with van der Waals surface area (Å²) in [6, 6.07) is 20.4. The SMILES string of the molecule is CCOc1cc(/C=C(\C#N)C(=O)Nc2ccc(C)cc2)cc(Cl)c1OCCOCCOc1ccc(C)cc1. The molecule has 0 saturated carbocycles. The Bertz CT molecular complexity index is 1280. The first-order chi connectivity index (χ1) is 18.4. The summed E-state index contributed by atoms with van der Waals surface area (Å²) < 4.78 is 22.8. The van der Waals surface area contributed by atoms with Crippen molar-refractivity contribution in [2.24, 2.45) is 0 Å². The average molecular weight is 535 g/mol. The third-order valence-corrected chi connectivity index (χ3v) is 5.59. The lowest BCUT2D eigenvalue weighted by Gasteiger charge is -2.15. The van der Waals surface area contributed by atoms with Gasteiger partial charge in [-0.2, -0.15) is 5.26 Å². The number of hydrogen-bond acceptors (Lipinski definition) is 6. The third-order valence-electron chi connectivity index (χ3n) is 5.31. The highest BCUT2D eigenvalue weighted by molar-refractivity contribution is 6.32. The van der Waals surface area contributed by atoms with E-state index in [1.54, 1.807) is 24.3 Å². The molecule has 0 saturated heterocycles. The van der Waals surface area contributed by atoms with Crippen molar-refractivity contribution in [2.45, 2.75) is 20.8 Å². The highest BCUT2D eigenvalue weighted by Crippen LogP contribution is 2.37. The molecule has 0 unspecified atom stereocenters. The van der Waals surface area contributed by atoms with E-state index in [9.17, 15) is 10.1 Å². The Kier molecular flexibility index (Phi) is 11.0. The molecule has 0 aromatic heterocycles. The summed E-state index contributed by atoms with van der Waals surface area (Å²) in [5, 5.41) is 12.6. The van der Waals surface area contributed by atoms with Gasteiger partial charge in [-0.1, -0.05) is 47.0 Å². The predicted molar refractivity (Wildman–Crippen MR) is 149 cm³/mol. The second-order valence-corrected chi connectivity index (χ2v) is 8.78. The van der Waals surface area contributed by atoms with Crippen LogP contribution >= 0.6 is 11.6 Å². The number of anilines is 1. The van der Waals surface area contributed by atoms with Gasteiger partial charge in [0, 0.05) is 5.69 Å². The molecule has 198 valence electrons. The number of halogens is 1. The number of hydrogen-bond donors (Lipinski definition) is 1. The largest absolute Gasteiger partial charge is 0.491 e. The van der Waals surface area contributed by atoms with Gasteiger partial charge in [0.15, 0.2) is 11.5 Å². The fraction of sp³-hybridized carbons (Fsp3) is 0.267. The molecule has 0 aliphatic rings. The number of amides is 1. The number of carbonyl (C=O) groups is 1. The standard InChI is InChI=1S/C30H31ClN2O5/c1-4-36-28-19-23(17-24(20-32)30(34)33-25-9-5-21(2)6-10-25)18-27(31)29(28)38-16-14-35-13-15-37-26-11-7-22(3)8-12-26/h5-12,17-19H,4,13-16H2,1-3H3,(H,33,34)/b24-17+. The number of nitriles is 1. The van der Waals surface area contributed by atoms with E-state index in [0.717, 1.165) is 11.3 Å². The van der Waals surface area contributed by atoms with E-state index in [2.05, 4.69) is 5.32 Å². The summed E-state index contributed by atoms with van der Waals surface area (Å²) in [6.07, 6.45) is 1.46. The van der Waals surface area contributed by atoms with Gasteiger partial charge in [0.25, 0.3) is 5.91 Å². The van der Waals surface area contributed by atoms with Crippen LogP contribution in [0.1, 0.15) is 23.6 Å². The Balaban J connectivity index is 1.57. The van der Waals surface area contributed by atoms with E-state index in [0.29, 0.717) is 54.2 Å². The molecule has 0 atom stereocenters. The van der Waals surface area contributed by atoms with Gasteiger partial charge in [0.2, 0.25) is 0 Å². The van der Waals surface area contributed by atoms with Gasteiger partial charge in [0.1, 0.15) is 30.6 Å². The maximum absolute atomic E-state index is 12.6. The molecular weight excluding hydrogens is 504 g/mol. The third kappa shape index (κ3) is 8.84. The average Bonchev–Trinajstić information content (AvgIpc) is 2.90. The zero-order valence-electron chi connectivity index (χ0n) is 21.8. The lowest BCUT2D eigenvalue weighted by Crippen LogP contribution is -2.13. The van der Waals surface area contributed by atoms with E-state index in [1.165, 1.54) is 11.6 Å². The van der Waals surface area contributed by atoms with Crippen molar-refractivity contribution in [2.75, 3.05) is 38.4 Å². The molecule has 1 amide bonds. The number of aryl methyl sites for hydroxylation is 2. The maximum Gasteiger partial charge on any atom is 0.266 e. The second kappa shape index (κ2) is 14.7. The van der Waals surface area contributed by atoms with Gasteiger partial charge in [-0.3, -0.25) is 4.79 Å². The van der Waals surface area contributed by atoms with E-state index in [1.807, 2.05) is 63.2 Å². The zero-order valence-corrected chi connectivity index (χ0v) is 22.5. The maximum atomic E-state index is 12.6. The number of rotatable bonds is 13. The molecule has 3 rings (SSSR count). The number of nitrogens with one attached hydrogen (secondary N) is 1. The van der Waals surface area contributed by atoms with E-state index < -0.39 is 5.91 Å². The van der Waals surface area contributed by atoms with Crippen molar-refractivity contribution in [3.05, 3.63) is 87.9 Å². The van der Waals surface area contributed by atoms with E-state index >= 15 is 0 Å². The minimum Gasteiger partial charge on any atom is -0.491 e. The van der Waals surface area contributed by atoms with Gasteiger partial charge in [-0.05, 0) is 68.8 Å². The Hall–Kier alpha value is -3.99. The van der Waals surface area contributed by atoms with E-state index in [4.69, 9.17) is 30.5 Å². The molecule has 0 aliphatic heterocycles. The van der Waals surface area contributed by atoms with Crippen molar-refractivity contribution in [1.82, 2.24) is 0 Å². The van der Waals surface area contributed by atoms with Crippen molar-refractivity contribution >= 4 is 29.3 Å². The number of nitrogens with zero attached hydrogens (tertiary/aromatic N) is 1. The molecule has 0 spiro atoms. The van der Waals surface area contributed by atoms with Crippen LogP contribution in [-0.4, -0.2) is 38.9 Å². The molecule has 3 aromatic carbocycles. The Morgan fingerprint density at radius 2 is 1.55 bits per heavy atom. The number of ether oxygens (including phenoxy) is 4. The zero-order chi connectivity index (χ0) is 27.3. The highest BCUT2D eigenvalue weighted by atomic mass is 35.5. The highest BCUT2D eigenvalue weighted by Gasteiger charge is 2.15. The van der Waals surface area contributed by atoms with Crippen molar-refractivity contribution in [3.8, 4) is 23.3 Å². The fourth-order valence-corrected chi connectivity index (χ4v) is 3.66. The summed E-state index contributed by atoms with van der Waals surface area (Å²) in [6.45, 7) is 7.62. The Morgan fingerprint density at radius 1 is 0.921 bits per heavy atom. The predicted octanol–water partition coefficient (Wildman–Crippen LogP) is 6.38. The lowest BCUT2D eigenvalue weighted by atomic mass is 10.1. The second-order valence-electron chi connectivity index (χ2n) is 8.38. The minimum absolute atomic E-state index is 0.0704. The smallest absolute Gasteiger partial charge is 0.266 e. The number of benzene rings is 3. The van der Waals surface area contributed by atoms with E-state index in [-0.39, 0.29) is 12.2 Å². The van der Waals surface area contributed by atoms with Crippen LogP contribution in [-0.2, 0) is 9.53 Å². The molecule has 0 radical (unpaired) electrons. The van der Waals surface area contributed by atoms with Gasteiger partial charge in [-0.25, -0.2) is 0 Å². The Morgan fingerprint density at radius 3 is 2.18 bits per heavy atom.